The Morgan fingerprint density at radius 2 is 2.24 bits per heavy atom. The molecule has 1 aliphatic rings. The van der Waals surface area contributed by atoms with Crippen LogP contribution in [0, 0.1) is 5.92 Å². The second-order valence-electron chi connectivity index (χ2n) is 4.20. The molecule has 0 spiro atoms. The average Bonchev–Trinajstić information content (AvgIpc) is 2.86. The van der Waals surface area contributed by atoms with Gasteiger partial charge in [0, 0.05) is 0 Å². The lowest BCUT2D eigenvalue weighted by Crippen LogP contribution is -2.30. The molecule has 0 radical (unpaired) electrons. The van der Waals surface area contributed by atoms with Crippen LogP contribution < -0.4 is 10.1 Å². The summed E-state index contributed by atoms with van der Waals surface area (Å²) in [5, 5.41) is 14.6. The van der Waals surface area contributed by atoms with E-state index in [1.54, 1.807) is 16.9 Å². The molecule has 7 nitrogen and oxygen atoms in total. The number of hydrogen-bond donors (Lipinski definition) is 1. The maximum atomic E-state index is 5.75. The van der Waals surface area contributed by atoms with Gasteiger partial charge in [-0.15, -0.1) is 5.10 Å². The number of hydrogen-bond acceptors (Lipinski definition) is 6. The molecule has 1 saturated heterocycles. The molecule has 7 heteroatoms. The Morgan fingerprint density at radius 1 is 1.35 bits per heavy atom. The summed E-state index contributed by atoms with van der Waals surface area (Å²) in [5.41, 5.74) is 0.604. The SMILES string of the molecule is c1ncc2nnnn2c1OCC1CCNCC1. The van der Waals surface area contributed by atoms with E-state index in [9.17, 15) is 0 Å². The molecule has 3 heterocycles. The van der Waals surface area contributed by atoms with Crippen molar-refractivity contribution in [2.75, 3.05) is 19.7 Å². The van der Waals surface area contributed by atoms with E-state index in [0.717, 1.165) is 25.9 Å². The Bertz CT molecular complexity index is 492. The highest BCUT2D eigenvalue weighted by Crippen LogP contribution is 2.15. The van der Waals surface area contributed by atoms with Gasteiger partial charge in [0.2, 0.25) is 11.5 Å². The zero-order valence-corrected chi connectivity index (χ0v) is 9.41. The predicted molar refractivity (Wildman–Crippen MR) is 59.7 cm³/mol. The maximum Gasteiger partial charge on any atom is 0.237 e. The number of fused-ring (bicyclic) bond motifs is 1. The van der Waals surface area contributed by atoms with E-state index in [0.29, 0.717) is 24.1 Å². The number of piperidine rings is 1. The summed E-state index contributed by atoms with van der Waals surface area (Å²) >= 11 is 0. The van der Waals surface area contributed by atoms with Gasteiger partial charge >= 0.3 is 0 Å². The maximum absolute atomic E-state index is 5.75. The van der Waals surface area contributed by atoms with Crippen molar-refractivity contribution in [3.63, 3.8) is 0 Å². The molecule has 17 heavy (non-hydrogen) atoms. The summed E-state index contributed by atoms with van der Waals surface area (Å²) in [6, 6.07) is 0. The van der Waals surface area contributed by atoms with Gasteiger partial charge in [-0.05, 0) is 42.3 Å². The van der Waals surface area contributed by atoms with Crippen LogP contribution in [0.1, 0.15) is 12.8 Å². The molecule has 3 rings (SSSR count). The topological polar surface area (TPSA) is 77.2 Å². The summed E-state index contributed by atoms with van der Waals surface area (Å²) in [6.07, 6.45) is 5.56. The molecule has 1 aliphatic heterocycles. The van der Waals surface area contributed by atoms with Crippen molar-refractivity contribution in [3.05, 3.63) is 12.4 Å². The van der Waals surface area contributed by atoms with Gasteiger partial charge in [0.15, 0.2) is 0 Å². The van der Waals surface area contributed by atoms with Crippen LogP contribution in [0.3, 0.4) is 0 Å². The first-order valence-corrected chi connectivity index (χ1v) is 5.79. The van der Waals surface area contributed by atoms with Crippen LogP contribution in [0.25, 0.3) is 5.65 Å². The summed E-state index contributed by atoms with van der Waals surface area (Å²) in [6.45, 7) is 2.84. The third kappa shape index (κ3) is 2.19. The van der Waals surface area contributed by atoms with Gasteiger partial charge in [0.05, 0.1) is 19.0 Å². The Balaban J connectivity index is 1.69. The first-order chi connectivity index (χ1) is 8.43. The van der Waals surface area contributed by atoms with Gasteiger partial charge < -0.3 is 10.1 Å². The first kappa shape index (κ1) is 10.4. The fourth-order valence-corrected chi connectivity index (χ4v) is 2.00. The van der Waals surface area contributed by atoms with Crippen molar-refractivity contribution in [2.24, 2.45) is 5.92 Å². The Kier molecular flexibility index (Phi) is 2.83. The van der Waals surface area contributed by atoms with E-state index in [4.69, 9.17) is 4.74 Å². The molecule has 0 amide bonds. The van der Waals surface area contributed by atoms with Gasteiger partial charge in [0.25, 0.3) is 0 Å². The highest BCUT2D eigenvalue weighted by atomic mass is 16.5. The zero-order chi connectivity index (χ0) is 11.5. The van der Waals surface area contributed by atoms with Crippen molar-refractivity contribution >= 4 is 5.65 Å². The minimum Gasteiger partial charge on any atom is -0.476 e. The van der Waals surface area contributed by atoms with E-state index in [-0.39, 0.29) is 0 Å². The van der Waals surface area contributed by atoms with Gasteiger partial charge in [-0.1, -0.05) is 0 Å². The van der Waals surface area contributed by atoms with E-state index < -0.39 is 0 Å². The predicted octanol–water partition coefficient (Wildman–Crippen LogP) is -0.102. The van der Waals surface area contributed by atoms with Crippen LogP contribution in [0.2, 0.25) is 0 Å². The van der Waals surface area contributed by atoms with E-state index in [2.05, 4.69) is 25.8 Å². The number of ether oxygens (including phenoxy) is 1. The Morgan fingerprint density at radius 3 is 3.12 bits per heavy atom. The molecule has 1 N–H and O–H groups in total. The molecule has 0 bridgehead atoms. The Labute approximate surface area is 98.2 Å². The molecule has 0 atom stereocenters. The fraction of sp³-hybridized carbons (Fsp3) is 0.600. The van der Waals surface area contributed by atoms with Crippen molar-refractivity contribution in [2.45, 2.75) is 12.8 Å². The van der Waals surface area contributed by atoms with Gasteiger partial charge in [-0.25, -0.2) is 0 Å². The highest BCUT2D eigenvalue weighted by Gasteiger charge is 2.14. The van der Waals surface area contributed by atoms with Crippen molar-refractivity contribution in [3.8, 4) is 5.88 Å². The molecule has 0 unspecified atom stereocenters. The van der Waals surface area contributed by atoms with Crippen LogP contribution in [-0.4, -0.2) is 44.7 Å². The molecule has 0 aromatic carbocycles. The molecule has 1 fully saturated rings. The van der Waals surface area contributed by atoms with Crippen LogP contribution in [0.4, 0.5) is 0 Å². The van der Waals surface area contributed by atoms with Gasteiger partial charge in [-0.3, -0.25) is 4.98 Å². The second-order valence-corrected chi connectivity index (χ2v) is 4.20. The Hall–Kier alpha value is -1.76. The molecule has 0 saturated carbocycles. The number of nitrogens with one attached hydrogen (secondary N) is 1. The van der Waals surface area contributed by atoms with Gasteiger partial charge in [0.1, 0.15) is 0 Å². The lowest BCUT2D eigenvalue weighted by Gasteiger charge is -2.22. The third-order valence-corrected chi connectivity index (χ3v) is 3.00. The smallest absolute Gasteiger partial charge is 0.237 e. The van der Waals surface area contributed by atoms with Crippen molar-refractivity contribution in [1.29, 1.82) is 0 Å². The van der Waals surface area contributed by atoms with E-state index in [1.807, 2.05) is 0 Å². The monoisotopic (exact) mass is 234 g/mol. The minimum atomic E-state index is 0.600. The van der Waals surface area contributed by atoms with E-state index >= 15 is 0 Å². The molecule has 0 aliphatic carbocycles. The fourth-order valence-electron chi connectivity index (χ4n) is 2.00. The third-order valence-electron chi connectivity index (χ3n) is 3.00. The molecule has 2 aromatic heterocycles. The normalized spacial score (nSPS) is 17.4. The molecule has 90 valence electrons. The highest BCUT2D eigenvalue weighted by molar-refractivity contribution is 5.34. The molecular formula is C10H14N6O. The largest absolute Gasteiger partial charge is 0.476 e. The molecule has 2 aromatic rings. The molecular weight excluding hydrogens is 220 g/mol. The lowest BCUT2D eigenvalue weighted by molar-refractivity contribution is 0.204. The summed E-state index contributed by atoms with van der Waals surface area (Å²) in [4.78, 5) is 4.05. The average molecular weight is 234 g/mol. The minimum absolute atomic E-state index is 0.600. The summed E-state index contributed by atoms with van der Waals surface area (Å²) < 4.78 is 7.31. The number of nitrogens with zero attached hydrogens (tertiary/aromatic N) is 5. The van der Waals surface area contributed by atoms with Gasteiger partial charge in [-0.2, -0.15) is 4.52 Å². The number of tetrazole rings is 1. The zero-order valence-electron chi connectivity index (χ0n) is 9.41. The summed E-state index contributed by atoms with van der Waals surface area (Å²) in [7, 11) is 0. The van der Waals surface area contributed by atoms with Crippen LogP contribution >= 0.6 is 0 Å². The lowest BCUT2D eigenvalue weighted by atomic mass is 9.99. The quantitative estimate of drug-likeness (QED) is 0.799. The number of aromatic nitrogens is 5. The van der Waals surface area contributed by atoms with Crippen molar-refractivity contribution < 1.29 is 4.74 Å². The van der Waals surface area contributed by atoms with Crippen molar-refractivity contribution in [1.82, 2.24) is 30.3 Å². The van der Waals surface area contributed by atoms with Crippen LogP contribution in [0.15, 0.2) is 12.4 Å². The standard InChI is InChI=1S/C10H14N6O/c1-3-11-4-2-8(1)7-17-10-6-12-5-9-13-14-15-16(9)10/h5-6,8,11H,1-4,7H2. The number of rotatable bonds is 3. The van der Waals surface area contributed by atoms with Crippen LogP contribution in [0.5, 0.6) is 5.88 Å². The summed E-state index contributed by atoms with van der Waals surface area (Å²) in [5.74, 6) is 1.20. The van der Waals surface area contributed by atoms with E-state index in [1.165, 1.54) is 0 Å². The van der Waals surface area contributed by atoms with Crippen LogP contribution in [-0.2, 0) is 0 Å². The first-order valence-electron chi connectivity index (χ1n) is 5.79. The second kappa shape index (κ2) is 4.62.